The second kappa shape index (κ2) is 15.2. The second-order valence-electron chi connectivity index (χ2n) is 10.3. The summed E-state index contributed by atoms with van der Waals surface area (Å²) in [6, 6.07) is 5.94. The second-order valence-corrected chi connectivity index (χ2v) is 13.1. The molecule has 2 heterocycles. The van der Waals surface area contributed by atoms with Gasteiger partial charge in [0.2, 0.25) is 11.8 Å². The quantitative estimate of drug-likeness (QED) is 0.259. The van der Waals surface area contributed by atoms with Gasteiger partial charge in [0.25, 0.3) is 0 Å². The van der Waals surface area contributed by atoms with Crippen LogP contribution < -0.4 is 16.4 Å². The van der Waals surface area contributed by atoms with E-state index in [0.29, 0.717) is 27.2 Å². The number of amides is 2. The van der Waals surface area contributed by atoms with E-state index >= 15 is 0 Å². The summed E-state index contributed by atoms with van der Waals surface area (Å²) in [7, 11) is 0. The lowest BCUT2D eigenvalue weighted by Gasteiger charge is -2.32. The molecule has 0 spiro atoms. The maximum Gasteiger partial charge on any atom is 0.243 e. The van der Waals surface area contributed by atoms with Crippen molar-refractivity contribution in [3.8, 4) is 0 Å². The standard InChI is InChI=1S/C29H37Cl2N5O2S2/c1-5-6-21(13-19(2)33-28(38)29(3,4)32)25-16-40-27(35-25)18-39-17-26(37)34-22-9-11-36(12-10-22)15-20-7-8-23(30)24(31)14-20/h5-8,13-14,16,22H,1,9-12,15,17-18,32H2,2-4H3,(H,33,38)(H,34,37)/b19-13+,21-6+. The van der Waals surface area contributed by atoms with E-state index < -0.39 is 5.54 Å². The first-order chi connectivity index (χ1) is 18.9. The fraction of sp³-hybridized carbons (Fsp3) is 0.414. The molecule has 4 N–H and O–H groups in total. The van der Waals surface area contributed by atoms with Gasteiger partial charge in [-0.3, -0.25) is 14.5 Å². The number of carbonyl (C=O) groups excluding carboxylic acids is 2. The van der Waals surface area contributed by atoms with Crippen molar-refractivity contribution in [3.63, 3.8) is 0 Å². The zero-order valence-electron chi connectivity index (χ0n) is 23.1. The average molecular weight is 623 g/mol. The van der Waals surface area contributed by atoms with Gasteiger partial charge in [-0.15, -0.1) is 23.1 Å². The van der Waals surface area contributed by atoms with Gasteiger partial charge < -0.3 is 16.4 Å². The lowest BCUT2D eigenvalue weighted by Crippen LogP contribution is -2.48. The summed E-state index contributed by atoms with van der Waals surface area (Å²) in [5.41, 5.74) is 8.32. The summed E-state index contributed by atoms with van der Waals surface area (Å²) in [6.45, 7) is 11.6. The number of hydrogen-bond acceptors (Lipinski definition) is 7. The van der Waals surface area contributed by atoms with E-state index in [1.54, 1.807) is 43.0 Å². The summed E-state index contributed by atoms with van der Waals surface area (Å²) < 4.78 is 0. The van der Waals surface area contributed by atoms with Gasteiger partial charge in [0, 0.05) is 48.1 Å². The van der Waals surface area contributed by atoms with Crippen molar-refractivity contribution < 1.29 is 9.59 Å². The van der Waals surface area contributed by atoms with E-state index in [2.05, 4.69) is 22.1 Å². The molecule has 0 bridgehead atoms. The van der Waals surface area contributed by atoms with Crippen LogP contribution in [0.1, 0.15) is 49.9 Å². The number of benzene rings is 1. The van der Waals surface area contributed by atoms with Gasteiger partial charge in [-0.05, 0) is 57.4 Å². The highest BCUT2D eigenvalue weighted by molar-refractivity contribution is 7.99. The number of thiazole rings is 1. The summed E-state index contributed by atoms with van der Waals surface area (Å²) >= 11 is 15.2. The summed E-state index contributed by atoms with van der Waals surface area (Å²) in [5.74, 6) is 0.812. The Hall–Kier alpha value is -2.14. The Morgan fingerprint density at radius 1 is 1.27 bits per heavy atom. The molecular weight excluding hydrogens is 585 g/mol. The lowest BCUT2D eigenvalue weighted by molar-refractivity contribution is -0.124. The van der Waals surface area contributed by atoms with E-state index in [4.69, 9.17) is 33.9 Å². The SMILES string of the molecule is C=C/C=C(\C=C(/C)NC(=O)C(C)(C)N)c1csc(CSCC(=O)NC2CCN(Cc3ccc(Cl)c(Cl)c3)CC2)n1. The van der Waals surface area contributed by atoms with Crippen LogP contribution >= 0.6 is 46.3 Å². The molecule has 1 fully saturated rings. The fourth-order valence-corrected chi connectivity index (χ4v) is 6.13. The van der Waals surface area contributed by atoms with Gasteiger partial charge in [0.05, 0.1) is 27.0 Å². The minimum absolute atomic E-state index is 0.0501. The highest BCUT2D eigenvalue weighted by Crippen LogP contribution is 2.25. The van der Waals surface area contributed by atoms with Crippen LogP contribution in [0.2, 0.25) is 10.0 Å². The van der Waals surface area contributed by atoms with E-state index in [1.807, 2.05) is 42.7 Å². The molecule has 7 nitrogen and oxygen atoms in total. The van der Waals surface area contributed by atoms with Crippen molar-refractivity contribution >= 4 is 63.7 Å². The fourth-order valence-electron chi connectivity index (χ4n) is 4.09. The van der Waals surface area contributed by atoms with Crippen molar-refractivity contribution in [1.29, 1.82) is 0 Å². The molecule has 1 aliphatic heterocycles. The Kier molecular flexibility index (Phi) is 12.3. The van der Waals surface area contributed by atoms with Crippen molar-refractivity contribution in [2.45, 2.75) is 57.5 Å². The number of nitrogens with one attached hydrogen (secondary N) is 2. The molecule has 0 radical (unpaired) electrons. The van der Waals surface area contributed by atoms with E-state index in [9.17, 15) is 9.59 Å². The molecule has 0 atom stereocenters. The molecule has 0 unspecified atom stereocenters. The van der Waals surface area contributed by atoms with Crippen LogP contribution in [0.4, 0.5) is 0 Å². The molecular formula is C29H37Cl2N5O2S2. The van der Waals surface area contributed by atoms with Crippen molar-refractivity contribution in [2.24, 2.45) is 5.73 Å². The molecule has 1 saturated heterocycles. The Bertz CT molecular complexity index is 1260. The number of piperidine rings is 1. The zero-order chi connectivity index (χ0) is 29.3. The van der Waals surface area contributed by atoms with Crippen molar-refractivity contribution in [1.82, 2.24) is 20.5 Å². The van der Waals surface area contributed by atoms with Gasteiger partial charge >= 0.3 is 0 Å². The smallest absolute Gasteiger partial charge is 0.243 e. The number of halogens is 2. The third-order valence-corrected chi connectivity index (χ3v) is 8.93. The monoisotopic (exact) mass is 621 g/mol. The number of rotatable bonds is 12. The Morgan fingerprint density at radius 3 is 2.65 bits per heavy atom. The molecule has 1 aromatic carbocycles. The molecule has 216 valence electrons. The number of hydrogen-bond donors (Lipinski definition) is 3. The van der Waals surface area contributed by atoms with Gasteiger partial charge in [-0.25, -0.2) is 4.98 Å². The average Bonchev–Trinajstić information content (AvgIpc) is 3.35. The van der Waals surface area contributed by atoms with Crippen LogP contribution in [0.5, 0.6) is 0 Å². The van der Waals surface area contributed by atoms with Crippen LogP contribution in [0.3, 0.4) is 0 Å². The highest BCUT2D eigenvalue weighted by Gasteiger charge is 2.22. The maximum absolute atomic E-state index is 12.6. The maximum atomic E-state index is 12.6. The number of nitrogens with zero attached hydrogens (tertiary/aromatic N) is 2. The molecule has 2 amide bonds. The van der Waals surface area contributed by atoms with Crippen LogP contribution in [-0.4, -0.2) is 52.1 Å². The summed E-state index contributed by atoms with van der Waals surface area (Å²) in [6.07, 6.45) is 7.22. The minimum atomic E-state index is -0.973. The summed E-state index contributed by atoms with van der Waals surface area (Å²) in [5, 5.41) is 10.0. The number of aromatic nitrogens is 1. The predicted octanol–water partition coefficient (Wildman–Crippen LogP) is 5.79. The highest BCUT2D eigenvalue weighted by atomic mass is 35.5. The number of thioether (sulfide) groups is 1. The van der Waals surface area contributed by atoms with Gasteiger partial charge in [0.15, 0.2) is 0 Å². The topological polar surface area (TPSA) is 100 Å². The first kappa shape index (κ1) is 32.4. The molecule has 0 saturated carbocycles. The van der Waals surface area contributed by atoms with Gasteiger partial charge in [-0.1, -0.05) is 48.0 Å². The zero-order valence-corrected chi connectivity index (χ0v) is 26.3. The molecule has 3 rings (SSSR count). The van der Waals surface area contributed by atoms with Crippen LogP contribution in [-0.2, 0) is 21.9 Å². The third-order valence-electron chi connectivity index (χ3n) is 6.21. The summed E-state index contributed by atoms with van der Waals surface area (Å²) in [4.78, 5) is 31.8. The molecule has 11 heteroatoms. The molecule has 0 aliphatic carbocycles. The van der Waals surface area contributed by atoms with Crippen molar-refractivity contribution in [3.05, 3.63) is 80.4 Å². The van der Waals surface area contributed by atoms with Crippen LogP contribution in [0.15, 0.2) is 54.1 Å². The Morgan fingerprint density at radius 2 is 2.00 bits per heavy atom. The van der Waals surface area contributed by atoms with Gasteiger partial charge in [-0.2, -0.15) is 0 Å². The number of carbonyl (C=O) groups is 2. The first-order valence-corrected chi connectivity index (χ1v) is 15.8. The van der Waals surface area contributed by atoms with Crippen LogP contribution in [0.25, 0.3) is 5.57 Å². The molecule has 2 aromatic rings. The van der Waals surface area contributed by atoms with E-state index in [0.717, 1.165) is 54.3 Å². The van der Waals surface area contributed by atoms with Gasteiger partial charge in [0.1, 0.15) is 5.01 Å². The third kappa shape index (κ3) is 10.4. The van der Waals surface area contributed by atoms with Crippen LogP contribution in [0, 0.1) is 0 Å². The van der Waals surface area contributed by atoms with E-state index in [-0.39, 0.29) is 17.9 Å². The largest absolute Gasteiger partial charge is 0.353 e. The number of nitrogens with two attached hydrogens (primary N) is 1. The number of likely N-dealkylation sites (tertiary alicyclic amines) is 1. The lowest BCUT2D eigenvalue weighted by atomic mass is 10.0. The first-order valence-electron chi connectivity index (χ1n) is 13.0. The van der Waals surface area contributed by atoms with E-state index in [1.165, 1.54) is 0 Å². The number of allylic oxidation sites excluding steroid dienone is 5. The molecule has 1 aliphatic rings. The Labute approximate surface area is 255 Å². The predicted molar refractivity (Wildman–Crippen MR) is 170 cm³/mol. The minimum Gasteiger partial charge on any atom is -0.353 e. The molecule has 40 heavy (non-hydrogen) atoms. The normalized spacial score (nSPS) is 15.7. The molecule has 1 aromatic heterocycles. The Balaban J connectivity index is 1.42. The van der Waals surface area contributed by atoms with Crippen molar-refractivity contribution in [2.75, 3.05) is 18.8 Å².